The highest BCUT2D eigenvalue weighted by Gasteiger charge is 2.13. The van der Waals surface area contributed by atoms with E-state index in [2.05, 4.69) is 5.43 Å². The standard InChI is InChI=1S/C17H14FN3O6/c18-13-6-4-11(5-7-13)8-16(23)27-10-15(22)19-20-17(24)12-2-1-3-14(9-12)21(25)26/h1-7,9H,8,10H2,(H,19,22)(H,20,24). The van der Waals surface area contributed by atoms with E-state index in [1.165, 1.54) is 42.5 Å². The minimum atomic E-state index is -0.804. The number of nitro groups is 1. The van der Waals surface area contributed by atoms with Crippen LogP contribution in [0.15, 0.2) is 48.5 Å². The van der Waals surface area contributed by atoms with E-state index >= 15 is 0 Å². The molecule has 0 spiro atoms. The largest absolute Gasteiger partial charge is 0.455 e. The molecule has 0 aliphatic rings. The van der Waals surface area contributed by atoms with Gasteiger partial charge in [-0.05, 0) is 23.8 Å². The third-order valence-electron chi connectivity index (χ3n) is 3.26. The van der Waals surface area contributed by atoms with E-state index in [-0.39, 0.29) is 17.7 Å². The molecular weight excluding hydrogens is 361 g/mol. The lowest BCUT2D eigenvalue weighted by atomic mass is 10.1. The fourth-order valence-electron chi connectivity index (χ4n) is 1.96. The number of carbonyl (C=O) groups excluding carboxylic acids is 3. The number of benzene rings is 2. The average molecular weight is 375 g/mol. The van der Waals surface area contributed by atoms with Crippen LogP contribution in [0.5, 0.6) is 0 Å². The summed E-state index contributed by atoms with van der Waals surface area (Å²) in [6.45, 7) is -0.644. The number of amides is 2. The summed E-state index contributed by atoms with van der Waals surface area (Å²) in [4.78, 5) is 45.1. The van der Waals surface area contributed by atoms with E-state index in [1.807, 2.05) is 5.43 Å². The third kappa shape index (κ3) is 6.20. The van der Waals surface area contributed by atoms with Gasteiger partial charge in [0.15, 0.2) is 6.61 Å². The number of halogens is 1. The van der Waals surface area contributed by atoms with Crippen LogP contribution >= 0.6 is 0 Å². The van der Waals surface area contributed by atoms with Gasteiger partial charge in [-0.15, -0.1) is 0 Å². The predicted molar refractivity (Wildman–Crippen MR) is 89.8 cm³/mol. The van der Waals surface area contributed by atoms with E-state index in [4.69, 9.17) is 4.74 Å². The molecule has 0 heterocycles. The Balaban J connectivity index is 1.76. The van der Waals surface area contributed by atoms with E-state index in [9.17, 15) is 28.9 Å². The number of carbonyl (C=O) groups is 3. The van der Waals surface area contributed by atoms with Gasteiger partial charge in [-0.3, -0.25) is 35.3 Å². The number of hydrogen-bond donors (Lipinski definition) is 2. The van der Waals surface area contributed by atoms with Crippen LogP contribution in [0.1, 0.15) is 15.9 Å². The molecule has 9 nitrogen and oxygen atoms in total. The first-order valence-electron chi connectivity index (χ1n) is 7.59. The Bertz CT molecular complexity index is 869. The third-order valence-corrected chi connectivity index (χ3v) is 3.26. The number of rotatable bonds is 6. The Morgan fingerprint density at radius 1 is 1.07 bits per heavy atom. The second kappa shape index (κ2) is 9.04. The monoisotopic (exact) mass is 375 g/mol. The van der Waals surface area contributed by atoms with Crippen molar-refractivity contribution >= 4 is 23.5 Å². The number of hydrazine groups is 1. The molecule has 0 aromatic heterocycles. The van der Waals surface area contributed by atoms with Crippen molar-refractivity contribution in [3.8, 4) is 0 Å². The summed E-state index contributed by atoms with van der Waals surface area (Å²) in [5.74, 6) is -2.72. The van der Waals surface area contributed by atoms with Crippen LogP contribution in [0.2, 0.25) is 0 Å². The normalized spacial score (nSPS) is 9.96. The number of ether oxygens (including phenoxy) is 1. The summed E-state index contributed by atoms with van der Waals surface area (Å²) >= 11 is 0. The fourth-order valence-corrected chi connectivity index (χ4v) is 1.96. The lowest BCUT2D eigenvalue weighted by molar-refractivity contribution is -0.384. The zero-order chi connectivity index (χ0) is 19.8. The minimum absolute atomic E-state index is 0.0298. The first-order valence-corrected chi connectivity index (χ1v) is 7.59. The molecule has 2 aromatic carbocycles. The van der Waals surface area contributed by atoms with Gasteiger partial charge >= 0.3 is 5.97 Å². The lowest BCUT2D eigenvalue weighted by Crippen LogP contribution is -2.43. The molecule has 27 heavy (non-hydrogen) atoms. The Morgan fingerprint density at radius 2 is 1.78 bits per heavy atom. The first kappa shape index (κ1) is 19.5. The van der Waals surface area contributed by atoms with E-state index in [0.29, 0.717) is 5.56 Å². The SMILES string of the molecule is O=C(COC(=O)Cc1ccc(F)cc1)NNC(=O)c1cccc([N+](=O)[O-])c1. The average Bonchev–Trinajstić information content (AvgIpc) is 2.66. The van der Waals surface area contributed by atoms with Crippen molar-refractivity contribution < 1.29 is 28.4 Å². The van der Waals surface area contributed by atoms with Crippen molar-refractivity contribution in [3.05, 3.63) is 75.6 Å². The maximum Gasteiger partial charge on any atom is 0.310 e. The van der Waals surface area contributed by atoms with Gasteiger partial charge in [-0.2, -0.15) is 0 Å². The first-order chi connectivity index (χ1) is 12.8. The highest BCUT2D eigenvalue weighted by atomic mass is 19.1. The van der Waals surface area contributed by atoms with Gasteiger partial charge < -0.3 is 4.74 Å². The Hall–Kier alpha value is -3.82. The molecule has 0 radical (unpaired) electrons. The Kier molecular flexibility index (Phi) is 6.53. The molecule has 2 N–H and O–H groups in total. The zero-order valence-corrected chi connectivity index (χ0v) is 13.8. The Labute approximate surface area is 152 Å². The molecule has 0 atom stereocenters. The number of nitrogens with zero attached hydrogens (tertiary/aromatic N) is 1. The van der Waals surface area contributed by atoms with Gasteiger partial charge in [0.1, 0.15) is 5.82 Å². The van der Waals surface area contributed by atoms with Gasteiger partial charge in [0.25, 0.3) is 17.5 Å². The second-order valence-electron chi connectivity index (χ2n) is 5.27. The van der Waals surface area contributed by atoms with Crippen LogP contribution in [0, 0.1) is 15.9 Å². The van der Waals surface area contributed by atoms with Crippen molar-refractivity contribution in [1.29, 1.82) is 0 Å². The topological polar surface area (TPSA) is 128 Å². The van der Waals surface area contributed by atoms with Gasteiger partial charge in [-0.25, -0.2) is 4.39 Å². The van der Waals surface area contributed by atoms with Crippen LogP contribution in [-0.4, -0.2) is 29.3 Å². The second-order valence-corrected chi connectivity index (χ2v) is 5.27. The number of esters is 1. The molecule has 10 heteroatoms. The minimum Gasteiger partial charge on any atom is -0.455 e. The summed E-state index contributed by atoms with van der Waals surface area (Å²) in [5, 5.41) is 10.7. The summed E-state index contributed by atoms with van der Waals surface area (Å²) in [7, 11) is 0. The molecule has 2 amide bonds. The van der Waals surface area contributed by atoms with Crippen molar-refractivity contribution in [2.24, 2.45) is 0 Å². The van der Waals surface area contributed by atoms with Gasteiger partial charge in [0.05, 0.1) is 11.3 Å². The maximum absolute atomic E-state index is 12.8. The van der Waals surface area contributed by atoms with Gasteiger partial charge in [0.2, 0.25) is 0 Å². The van der Waals surface area contributed by atoms with Crippen molar-refractivity contribution in [2.45, 2.75) is 6.42 Å². The van der Waals surface area contributed by atoms with Crippen LogP contribution in [-0.2, 0) is 20.7 Å². The number of nitro benzene ring substituents is 1. The summed E-state index contributed by atoms with van der Waals surface area (Å²) in [5.41, 5.74) is 4.28. The molecular formula is C17H14FN3O6. The molecule has 0 aliphatic heterocycles. The molecule has 0 aliphatic carbocycles. The molecule has 0 saturated carbocycles. The van der Waals surface area contributed by atoms with Gasteiger partial charge in [0, 0.05) is 17.7 Å². The zero-order valence-electron chi connectivity index (χ0n) is 13.8. The van der Waals surface area contributed by atoms with Crippen LogP contribution in [0.25, 0.3) is 0 Å². The van der Waals surface area contributed by atoms with E-state index in [1.54, 1.807) is 0 Å². The van der Waals surface area contributed by atoms with E-state index in [0.717, 1.165) is 6.07 Å². The molecule has 0 saturated heterocycles. The summed E-state index contributed by atoms with van der Waals surface area (Å²) in [6, 6.07) is 10.1. The lowest BCUT2D eigenvalue weighted by Gasteiger charge is -2.08. The quantitative estimate of drug-likeness (QED) is 0.445. The number of non-ortho nitro benzene ring substituents is 1. The van der Waals surface area contributed by atoms with Gasteiger partial charge in [-0.1, -0.05) is 18.2 Å². The van der Waals surface area contributed by atoms with Crippen molar-refractivity contribution in [1.82, 2.24) is 10.9 Å². The number of hydrogen-bond acceptors (Lipinski definition) is 6. The molecule has 2 aromatic rings. The molecule has 0 bridgehead atoms. The highest BCUT2D eigenvalue weighted by Crippen LogP contribution is 2.12. The predicted octanol–water partition coefficient (Wildman–Crippen LogP) is 1.28. The smallest absolute Gasteiger partial charge is 0.310 e. The van der Waals surface area contributed by atoms with E-state index < -0.39 is 35.1 Å². The molecule has 0 fully saturated rings. The summed E-state index contributed by atoms with van der Waals surface area (Å²) < 4.78 is 17.5. The fraction of sp³-hybridized carbons (Fsp3) is 0.118. The van der Waals surface area contributed by atoms with Crippen LogP contribution < -0.4 is 10.9 Å². The molecule has 140 valence electrons. The maximum atomic E-state index is 12.8. The summed E-state index contributed by atoms with van der Waals surface area (Å²) in [6.07, 6.45) is -0.145. The van der Waals surface area contributed by atoms with Crippen molar-refractivity contribution in [2.75, 3.05) is 6.61 Å². The highest BCUT2D eigenvalue weighted by molar-refractivity contribution is 5.96. The van der Waals surface area contributed by atoms with Crippen LogP contribution in [0.4, 0.5) is 10.1 Å². The Morgan fingerprint density at radius 3 is 2.44 bits per heavy atom. The van der Waals surface area contributed by atoms with Crippen LogP contribution in [0.3, 0.4) is 0 Å². The molecule has 0 unspecified atom stereocenters. The van der Waals surface area contributed by atoms with Crippen molar-refractivity contribution in [3.63, 3.8) is 0 Å². The molecule has 2 rings (SSSR count). The number of nitrogens with one attached hydrogen (secondary N) is 2.